The first-order chi connectivity index (χ1) is 17.5. The number of fused-ring (bicyclic) bond motifs is 2. The van der Waals surface area contributed by atoms with E-state index in [9.17, 15) is 9.18 Å². The largest absolute Gasteiger partial charge is 0.355 e. The summed E-state index contributed by atoms with van der Waals surface area (Å²) in [5.41, 5.74) is 3.60. The van der Waals surface area contributed by atoms with Gasteiger partial charge in [0.1, 0.15) is 11.6 Å². The lowest BCUT2D eigenvalue weighted by atomic mass is 9.74. The standard InChI is InChI=1S/C29H32FN5O/c1-21(36)35-20-29(24-7-3-5-9-27(24)35)12-16-33(17-13-29)22-10-14-34(15-11-22)28-19-31-18-26(32-28)23-6-2-4-8-25(23)30/h2-9,18-19,22H,10-17,20H2,1H3. The Morgan fingerprint density at radius 3 is 2.44 bits per heavy atom. The van der Waals surface area contributed by atoms with Crippen LogP contribution < -0.4 is 9.80 Å². The highest BCUT2D eigenvalue weighted by molar-refractivity contribution is 5.94. The third-order valence-corrected chi connectivity index (χ3v) is 8.44. The van der Waals surface area contributed by atoms with Crippen LogP contribution in [0.2, 0.25) is 0 Å². The van der Waals surface area contributed by atoms with E-state index in [-0.39, 0.29) is 17.1 Å². The molecular weight excluding hydrogens is 453 g/mol. The van der Waals surface area contributed by atoms with Gasteiger partial charge in [-0.15, -0.1) is 0 Å². The van der Waals surface area contributed by atoms with Gasteiger partial charge in [0, 0.05) is 49.3 Å². The molecule has 6 nitrogen and oxygen atoms in total. The Balaban J connectivity index is 1.09. The van der Waals surface area contributed by atoms with Crippen LogP contribution in [0.15, 0.2) is 60.9 Å². The molecule has 2 fully saturated rings. The molecule has 0 N–H and O–H groups in total. The van der Waals surface area contributed by atoms with E-state index in [1.807, 2.05) is 17.0 Å². The lowest BCUT2D eigenvalue weighted by molar-refractivity contribution is -0.116. The molecule has 0 atom stereocenters. The van der Waals surface area contributed by atoms with Gasteiger partial charge in [0.05, 0.1) is 18.1 Å². The number of carbonyl (C=O) groups is 1. The number of benzene rings is 2. The second kappa shape index (κ2) is 9.28. The molecule has 186 valence electrons. The molecule has 36 heavy (non-hydrogen) atoms. The van der Waals surface area contributed by atoms with Crippen LogP contribution in [0.4, 0.5) is 15.9 Å². The Hall–Kier alpha value is -3.32. The molecule has 0 unspecified atom stereocenters. The normalized spacial score (nSPS) is 20.1. The summed E-state index contributed by atoms with van der Waals surface area (Å²) < 4.78 is 14.3. The first kappa shape index (κ1) is 23.1. The van der Waals surface area contributed by atoms with Gasteiger partial charge in [0.2, 0.25) is 5.91 Å². The first-order valence-electron chi connectivity index (χ1n) is 13.0. The lowest BCUT2D eigenvalue weighted by Gasteiger charge is -2.45. The van der Waals surface area contributed by atoms with E-state index in [2.05, 4.69) is 33.0 Å². The number of nitrogens with zero attached hydrogens (tertiary/aromatic N) is 5. The van der Waals surface area contributed by atoms with Crippen molar-refractivity contribution >= 4 is 17.4 Å². The van der Waals surface area contributed by atoms with Crippen LogP contribution in [0.3, 0.4) is 0 Å². The molecule has 1 amide bonds. The number of hydrogen-bond donors (Lipinski definition) is 0. The minimum absolute atomic E-state index is 0.0855. The quantitative estimate of drug-likeness (QED) is 0.541. The number of likely N-dealkylation sites (tertiary alicyclic amines) is 1. The average molecular weight is 486 g/mol. The van der Waals surface area contributed by atoms with Gasteiger partial charge in [-0.1, -0.05) is 30.3 Å². The van der Waals surface area contributed by atoms with E-state index < -0.39 is 0 Å². The maximum atomic E-state index is 14.3. The van der Waals surface area contributed by atoms with Crippen molar-refractivity contribution in [3.05, 3.63) is 72.3 Å². The molecule has 4 heterocycles. The number of piperidine rings is 2. The lowest BCUT2D eigenvalue weighted by Crippen LogP contribution is -2.52. The smallest absolute Gasteiger partial charge is 0.223 e. The zero-order chi connectivity index (χ0) is 24.7. The number of amides is 1. The van der Waals surface area contributed by atoms with E-state index in [4.69, 9.17) is 4.98 Å². The fourth-order valence-corrected chi connectivity index (χ4v) is 6.42. The fraction of sp³-hybridized carbons (Fsp3) is 0.414. The van der Waals surface area contributed by atoms with Crippen LogP contribution in [0.1, 0.15) is 38.2 Å². The van der Waals surface area contributed by atoms with Crippen molar-refractivity contribution in [2.75, 3.05) is 42.5 Å². The van der Waals surface area contributed by atoms with Crippen LogP contribution in [-0.4, -0.2) is 59.5 Å². The van der Waals surface area contributed by atoms with Crippen LogP contribution in [0.25, 0.3) is 11.3 Å². The summed E-state index contributed by atoms with van der Waals surface area (Å²) in [4.78, 5) is 28.3. The van der Waals surface area contributed by atoms with Crippen LogP contribution in [0, 0.1) is 5.82 Å². The monoisotopic (exact) mass is 485 g/mol. The SMILES string of the molecule is CC(=O)N1CC2(CCN(C3CCN(c4cncc(-c5ccccc5F)n4)CC3)CC2)c2ccccc21. The van der Waals surface area contributed by atoms with Gasteiger partial charge in [-0.05, 0) is 62.5 Å². The minimum atomic E-state index is -0.276. The molecule has 0 radical (unpaired) electrons. The zero-order valence-corrected chi connectivity index (χ0v) is 20.7. The predicted molar refractivity (Wildman–Crippen MR) is 140 cm³/mol. The molecule has 6 rings (SSSR count). The van der Waals surface area contributed by atoms with Crippen molar-refractivity contribution < 1.29 is 9.18 Å². The molecule has 3 aliphatic rings. The maximum Gasteiger partial charge on any atom is 0.223 e. The molecule has 3 aliphatic heterocycles. The van der Waals surface area contributed by atoms with Crippen molar-refractivity contribution in [3.8, 4) is 11.3 Å². The molecule has 3 aromatic rings. The van der Waals surface area contributed by atoms with Gasteiger partial charge in [0.25, 0.3) is 0 Å². The van der Waals surface area contributed by atoms with Crippen molar-refractivity contribution in [2.24, 2.45) is 0 Å². The molecule has 2 saturated heterocycles. The molecule has 2 aromatic carbocycles. The number of hydrogen-bond acceptors (Lipinski definition) is 5. The number of carbonyl (C=O) groups excluding carboxylic acids is 1. The topological polar surface area (TPSA) is 52.6 Å². The van der Waals surface area contributed by atoms with E-state index in [1.165, 1.54) is 11.6 Å². The highest BCUT2D eigenvalue weighted by atomic mass is 19.1. The third-order valence-electron chi connectivity index (χ3n) is 8.44. The van der Waals surface area contributed by atoms with Crippen LogP contribution in [-0.2, 0) is 10.2 Å². The highest BCUT2D eigenvalue weighted by Gasteiger charge is 2.46. The molecule has 0 aliphatic carbocycles. The maximum absolute atomic E-state index is 14.3. The summed E-state index contributed by atoms with van der Waals surface area (Å²) in [5.74, 6) is 0.678. The third kappa shape index (κ3) is 4.05. The highest BCUT2D eigenvalue weighted by Crippen LogP contribution is 2.47. The number of anilines is 2. The Kier molecular flexibility index (Phi) is 5.96. The number of aromatic nitrogens is 2. The fourth-order valence-electron chi connectivity index (χ4n) is 6.42. The summed E-state index contributed by atoms with van der Waals surface area (Å²) in [7, 11) is 0. The van der Waals surface area contributed by atoms with E-state index >= 15 is 0 Å². The summed E-state index contributed by atoms with van der Waals surface area (Å²) in [5, 5.41) is 0. The zero-order valence-electron chi connectivity index (χ0n) is 20.7. The number of para-hydroxylation sites is 1. The van der Waals surface area contributed by atoms with Crippen LogP contribution >= 0.6 is 0 Å². The molecule has 7 heteroatoms. The van der Waals surface area contributed by atoms with Gasteiger partial charge >= 0.3 is 0 Å². The van der Waals surface area contributed by atoms with E-state index in [0.717, 1.165) is 69.9 Å². The Morgan fingerprint density at radius 2 is 1.69 bits per heavy atom. The van der Waals surface area contributed by atoms with Crippen molar-refractivity contribution in [1.29, 1.82) is 0 Å². The Bertz CT molecular complexity index is 1260. The molecular formula is C29H32FN5O. The predicted octanol–water partition coefficient (Wildman–Crippen LogP) is 4.65. The minimum Gasteiger partial charge on any atom is -0.355 e. The van der Waals surface area contributed by atoms with Gasteiger partial charge in [-0.25, -0.2) is 9.37 Å². The van der Waals surface area contributed by atoms with Crippen LogP contribution in [0.5, 0.6) is 0 Å². The van der Waals surface area contributed by atoms with Gasteiger partial charge in [-0.2, -0.15) is 0 Å². The van der Waals surface area contributed by atoms with Crippen molar-refractivity contribution in [2.45, 2.75) is 44.1 Å². The Labute approximate surface area is 211 Å². The van der Waals surface area contributed by atoms with Crippen molar-refractivity contribution in [1.82, 2.24) is 14.9 Å². The summed E-state index contributed by atoms with van der Waals surface area (Å²) in [6, 6.07) is 15.7. The van der Waals surface area contributed by atoms with Crippen molar-refractivity contribution in [3.63, 3.8) is 0 Å². The number of rotatable bonds is 3. The molecule has 0 bridgehead atoms. The first-order valence-corrected chi connectivity index (χ1v) is 13.0. The Morgan fingerprint density at radius 1 is 0.972 bits per heavy atom. The van der Waals surface area contributed by atoms with Gasteiger partial charge in [-0.3, -0.25) is 9.78 Å². The molecule has 1 aromatic heterocycles. The second-order valence-corrected chi connectivity index (χ2v) is 10.4. The number of halogens is 1. The summed E-state index contributed by atoms with van der Waals surface area (Å²) in [6.07, 6.45) is 7.75. The van der Waals surface area contributed by atoms with E-state index in [1.54, 1.807) is 31.5 Å². The summed E-state index contributed by atoms with van der Waals surface area (Å²) >= 11 is 0. The molecule has 1 spiro atoms. The van der Waals surface area contributed by atoms with Gasteiger partial charge < -0.3 is 14.7 Å². The average Bonchev–Trinajstić information content (AvgIpc) is 3.24. The molecule has 0 saturated carbocycles. The van der Waals surface area contributed by atoms with Gasteiger partial charge in [0.15, 0.2) is 0 Å². The van der Waals surface area contributed by atoms with E-state index in [0.29, 0.717) is 17.3 Å². The second-order valence-electron chi connectivity index (χ2n) is 10.4. The summed E-state index contributed by atoms with van der Waals surface area (Å²) in [6.45, 7) is 6.45.